The maximum atomic E-state index is 6.69. The monoisotopic (exact) mass is 880 g/mol. The molecule has 4 aromatic heterocycles. The van der Waals surface area contributed by atoms with Crippen molar-refractivity contribution in [1.29, 1.82) is 0 Å². The van der Waals surface area contributed by atoms with E-state index in [9.17, 15) is 0 Å². The van der Waals surface area contributed by atoms with Crippen LogP contribution in [0.3, 0.4) is 0 Å². The number of benzene rings is 11. The van der Waals surface area contributed by atoms with Crippen molar-refractivity contribution in [3.8, 4) is 22.7 Å². The zero-order valence-electron chi connectivity index (χ0n) is 37.3. The Morgan fingerprint density at radius 2 is 0.768 bits per heavy atom. The maximum absolute atomic E-state index is 6.69. The molecule has 0 unspecified atom stereocenters. The van der Waals surface area contributed by atoms with Gasteiger partial charge < -0.3 is 22.7 Å². The molecule has 0 amide bonds. The van der Waals surface area contributed by atoms with Crippen molar-refractivity contribution in [1.82, 2.24) is 18.3 Å². The fourth-order valence-electron chi connectivity index (χ4n) is 11.3. The number of para-hydroxylation sites is 4. The SMILES string of the molecule is c1ccc(-n2c3ccccc3c3cc(-n4c5cccc(c5)c5cccc(c5)n(-c5cccc6c7ccccc7n(-c7cccc8ccccc78)c56)c5ccc6oc7ccc4cc7c6c5)ccc32)cc1. The zero-order chi connectivity index (χ0) is 45.2. The Kier molecular flexibility index (Phi) is 8.00. The summed E-state index contributed by atoms with van der Waals surface area (Å²) in [6.07, 6.45) is 0. The summed E-state index contributed by atoms with van der Waals surface area (Å²) in [5.74, 6) is 0. The van der Waals surface area contributed by atoms with Crippen LogP contribution in [0.2, 0.25) is 0 Å². The van der Waals surface area contributed by atoms with Gasteiger partial charge in [-0.05, 0) is 131 Å². The van der Waals surface area contributed by atoms with Gasteiger partial charge >= 0.3 is 0 Å². The van der Waals surface area contributed by atoms with Gasteiger partial charge in [-0.2, -0.15) is 0 Å². The molecule has 69 heavy (non-hydrogen) atoms. The van der Waals surface area contributed by atoms with E-state index in [-0.39, 0.29) is 0 Å². The van der Waals surface area contributed by atoms with Crippen LogP contribution < -0.4 is 0 Å². The van der Waals surface area contributed by atoms with Gasteiger partial charge in [-0.25, -0.2) is 0 Å². The van der Waals surface area contributed by atoms with Crippen LogP contribution in [-0.2, 0) is 0 Å². The highest BCUT2D eigenvalue weighted by atomic mass is 16.3. The molecular formula is C64H40N4O. The third kappa shape index (κ3) is 5.65. The van der Waals surface area contributed by atoms with E-state index in [1.807, 2.05) is 0 Å². The van der Waals surface area contributed by atoms with Crippen LogP contribution in [0.5, 0.6) is 0 Å². The minimum absolute atomic E-state index is 0.846. The predicted molar refractivity (Wildman–Crippen MR) is 289 cm³/mol. The molecular weight excluding hydrogens is 841 g/mol. The lowest BCUT2D eigenvalue weighted by atomic mass is 10.1. The first kappa shape index (κ1) is 37.9. The molecule has 0 atom stereocenters. The van der Waals surface area contributed by atoms with E-state index in [0.717, 1.165) is 83.0 Å². The number of furan rings is 1. The Labute approximate surface area is 395 Å². The van der Waals surface area contributed by atoms with Gasteiger partial charge in [-0.3, -0.25) is 0 Å². The molecule has 0 spiro atoms. The lowest BCUT2D eigenvalue weighted by Crippen LogP contribution is -2.02. The lowest BCUT2D eigenvalue weighted by Gasteiger charge is -2.17. The van der Waals surface area contributed by atoms with Gasteiger partial charge in [-0.15, -0.1) is 0 Å². The smallest absolute Gasteiger partial charge is 0.135 e. The summed E-state index contributed by atoms with van der Waals surface area (Å²) < 4.78 is 16.4. The molecule has 4 heterocycles. The van der Waals surface area contributed by atoms with Crippen LogP contribution in [0, 0.1) is 0 Å². The Morgan fingerprint density at radius 3 is 1.52 bits per heavy atom. The van der Waals surface area contributed by atoms with E-state index in [1.165, 1.54) is 48.9 Å². The minimum Gasteiger partial charge on any atom is -0.456 e. The van der Waals surface area contributed by atoms with Gasteiger partial charge in [0.05, 0.1) is 33.4 Å². The molecule has 15 rings (SSSR count). The van der Waals surface area contributed by atoms with E-state index in [4.69, 9.17) is 4.42 Å². The summed E-state index contributed by atoms with van der Waals surface area (Å²) in [5, 5.41) is 11.6. The standard InChI is InChI=1S/C64H40N4O/c1-2-18-44(19-3-1)67-58-26-8-7-24-52(58)54-38-47(30-33-60(54)67)65-45-20-10-16-42(36-45)43-17-11-21-46(37-43)66(49-32-35-63-56(40-49)55-39-48(65)31-34-62(55)69-63)61-29-13-25-53-51-23-6-9-27-59(51)68(64(53)61)57-28-12-15-41-14-4-5-22-50(41)57/h1-40H. The summed E-state index contributed by atoms with van der Waals surface area (Å²) >= 11 is 0. The van der Waals surface area contributed by atoms with Crippen molar-refractivity contribution in [3.05, 3.63) is 243 Å². The van der Waals surface area contributed by atoms with Crippen LogP contribution in [0.15, 0.2) is 247 Å². The van der Waals surface area contributed by atoms with Crippen LogP contribution >= 0.6 is 0 Å². The molecule has 0 aliphatic rings. The molecule has 0 radical (unpaired) electrons. The Hall–Kier alpha value is -9.32. The van der Waals surface area contributed by atoms with E-state index in [2.05, 4.69) is 261 Å². The normalized spacial score (nSPS) is 12.1. The summed E-state index contributed by atoms with van der Waals surface area (Å²) in [6, 6.07) is 88.5. The number of rotatable bonds is 4. The highest BCUT2D eigenvalue weighted by Crippen LogP contribution is 2.40. The second-order valence-electron chi connectivity index (χ2n) is 18.1. The largest absolute Gasteiger partial charge is 0.456 e. The summed E-state index contributed by atoms with van der Waals surface area (Å²) in [7, 11) is 0. The first-order valence-electron chi connectivity index (χ1n) is 23.6. The third-order valence-corrected chi connectivity index (χ3v) is 14.3. The Bertz CT molecular complexity index is 4670. The van der Waals surface area contributed by atoms with Crippen LogP contribution in [0.4, 0.5) is 0 Å². The first-order chi connectivity index (χ1) is 34.2. The number of aromatic nitrogens is 4. The van der Waals surface area contributed by atoms with Crippen LogP contribution in [-0.4, -0.2) is 18.3 Å². The van der Waals surface area contributed by atoms with E-state index in [0.29, 0.717) is 0 Å². The zero-order valence-corrected chi connectivity index (χ0v) is 37.3. The van der Waals surface area contributed by atoms with Gasteiger partial charge in [0.25, 0.3) is 0 Å². The summed E-state index contributed by atoms with van der Waals surface area (Å²) in [4.78, 5) is 0. The van der Waals surface area contributed by atoms with Gasteiger partial charge in [0.15, 0.2) is 0 Å². The maximum Gasteiger partial charge on any atom is 0.135 e. The third-order valence-electron chi connectivity index (χ3n) is 14.3. The molecule has 8 bridgehead atoms. The van der Waals surface area contributed by atoms with Crippen LogP contribution in [0.1, 0.15) is 0 Å². The number of fused-ring (bicyclic) bond motifs is 14. The summed E-state index contributed by atoms with van der Waals surface area (Å²) in [6.45, 7) is 0. The summed E-state index contributed by atoms with van der Waals surface area (Å²) in [5.41, 5.74) is 15.0. The lowest BCUT2D eigenvalue weighted by molar-refractivity contribution is 0.669. The molecule has 0 aliphatic carbocycles. The fraction of sp³-hybridized carbons (Fsp3) is 0. The Balaban J connectivity index is 1.06. The molecule has 0 saturated carbocycles. The fourth-order valence-corrected chi connectivity index (χ4v) is 11.3. The van der Waals surface area contributed by atoms with E-state index in [1.54, 1.807) is 0 Å². The number of hydrogen-bond donors (Lipinski definition) is 0. The minimum atomic E-state index is 0.846. The number of nitrogens with zero attached hydrogens (tertiary/aromatic N) is 4. The van der Waals surface area contributed by atoms with Crippen molar-refractivity contribution in [2.45, 2.75) is 0 Å². The average molecular weight is 881 g/mol. The van der Waals surface area contributed by atoms with Gasteiger partial charge in [0, 0.05) is 71.1 Å². The highest BCUT2D eigenvalue weighted by Gasteiger charge is 2.20. The molecule has 11 aromatic carbocycles. The number of hydrogen-bond acceptors (Lipinski definition) is 1. The van der Waals surface area contributed by atoms with Crippen molar-refractivity contribution in [2.75, 3.05) is 0 Å². The van der Waals surface area contributed by atoms with Gasteiger partial charge in [0.2, 0.25) is 0 Å². The van der Waals surface area contributed by atoms with Gasteiger partial charge in [-0.1, -0.05) is 127 Å². The second kappa shape index (κ2) is 14.6. The quantitative estimate of drug-likeness (QED) is 0.173. The van der Waals surface area contributed by atoms with Crippen molar-refractivity contribution >= 4 is 109 Å². The van der Waals surface area contributed by atoms with Crippen molar-refractivity contribution in [2.24, 2.45) is 0 Å². The first-order valence-corrected chi connectivity index (χ1v) is 23.6. The molecule has 15 aromatic rings. The molecule has 0 N–H and O–H groups in total. The molecule has 322 valence electrons. The average Bonchev–Trinajstić information content (AvgIpc) is 4.06. The van der Waals surface area contributed by atoms with Crippen molar-refractivity contribution in [3.63, 3.8) is 0 Å². The van der Waals surface area contributed by atoms with Crippen molar-refractivity contribution < 1.29 is 4.42 Å². The van der Waals surface area contributed by atoms with E-state index < -0.39 is 0 Å². The Morgan fingerprint density at radius 1 is 0.246 bits per heavy atom. The van der Waals surface area contributed by atoms with E-state index >= 15 is 0 Å². The molecule has 5 heteroatoms. The molecule has 5 nitrogen and oxygen atoms in total. The topological polar surface area (TPSA) is 32.9 Å². The second-order valence-corrected chi connectivity index (χ2v) is 18.1. The van der Waals surface area contributed by atoms with Crippen LogP contribution in [0.25, 0.3) is 132 Å². The molecule has 0 aliphatic heterocycles. The van der Waals surface area contributed by atoms with Gasteiger partial charge in [0.1, 0.15) is 11.2 Å². The highest BCUT2D eigenvalue weighted by molar-refractivity contribution is 6.14. The molecule has 0 saturated heterocycles. The predicted octanol–water partition coefficient (Wildman–Crippen LogP) is 17.1. The molecule has 0 fully saturated rings.